The van der Waals surface area contributed by atoms with E-state index in [4.69, 9.17) is 5.73 Å². The molecule has 1 rings (SSSR count). The monoisotopic (exact) mass is 196 g/mol. The molecule has 1 aromatic rings. The molecule has 0 amide bonds. The Morgan fingerprint density at radius 3 is 2.57 bits per heavy atom. The molecule has 0 saturated carbocycles. The molecule has 14 heavy (non-hydrogen) atoms. The van der Waals surface area contributed by atoms with Gasteiger partial charge in [0.1, 0.15) is 5.82 Å². The first-order valence-electron chi connectivity index (χ1n) is 4.89. The average Bonchev–Trinajstić information content (AvgIpc) is 2.15. The van der Waals surface area contributed by atoms with Crippen molar-refractivity contribution in [1.82, 2.24) is 5.32 Å². The fourth-order valence-electron chi connectivity index (χ4n) is 1.16. The standard InChI is InChI=1S/C11H17FN2/c1-9(13)6-7-14-8-10-2-4-11(12)5-3-10/h2-5,9,14H,6-8,13H2,1H3. The first kappa shape index (κ1) is 11.1. The number of nitrogens with one attached hydrogen (secondary N) is 1. The molecule has 0 spiro atoms. The van der Waals surface area contributed by atoms with Gasteiger partial charge in [0.25, 0.3) is 0 Å². The highest BCUT2D eigenvalue weighted by Gasteiger charge is 1.95. The summed E-state index contributed by atoms with van der Waals surface area (Å²) in [4.78, 5) is 0. The van der Waals surface area contributed by atoms with Crippen molar-refractivity contribution in [2.45, 2.75) is 25.9 Å². The molecule has 2 nitrogen and oxygen atoms in total. The quantitative estimate of drug-likeness (QED) is 0.703. The largest absolute Gasteiger partial charge is 0.328 e. The van der Waals surface area contributed by atoms with Crippen LogP contribution in [-0.4, -0.2) is 12.6 Å². The van der Waals surface area contributed by atoms with Crippen LogP contribution in [0.2, 0.25) is 0 Å². The van der Waals surface area contributed by atoms with Crippen LogP contribution < -0.4 is 11.1 Å². The van der Waals surface area contributed by atoms with Crippen LogP contribution in [0.25, 0.3) is 0 Å². The summed E-state index contributed by atoms with van der Waals surface area (Å²) in [6.45, 7) is 3.65. The third-order valence-corrected chi connectivity index (χ3v) is 2.02. The van der Waals surface area contributed by atoms with Gasteiger partial charge in [-0.1, -0.05) is 12.1 Å². The van der Waals surface area contributed by atoms with Gasteiger partial charge in [0.2, 0.25) is 0 Å². The van der Waals surface area contributed by atoms with E-state index in [2.05, 4.69) is 5.32 Å². The summed E-state index contributed by atoms with van der Waals surface area (Å²) < 4.78 is 12.5. The molecule has 0 fully saturated rings. The van der Waals surface area contributed by atoms with E-state index >= 15 is 0 Å². The molecule has 0 bridgehead atoms. The van der Waals surface area contributed by atoms with Crippen molar-refractivity contribution in [2.75, 3.05) is 6.54 Å². The highest BCUT2D eigenvalue weighted by atomic mass is 19.1. The second-order valence-corrected chi connectivity index (χ2v) is 3.57. The van der Waals surface area contributed by atoms with E-state index in [0.29, 0.717) is 0 Å². The maximum Gasteiger partial charge on any atom is 0.123 e. The molecule has 0 radical (unpaired) electrons. The van der Waals surface area contributed by atoms with Crippen LogP contribution in [0.15, 0.2) is 24.3 Å². The van der Waals surface area contributed by atoms with Gasteiger partial charge < -0.3 is 11.1 Å². The van der Waals surface area contributed by atoms with Crippen molar-refractivity contribution >= 4 is 0 Å². The molecule has 0 aliphatic heterocycles. The third-order valence-electron chi connectivity index (χ3n) is 2.02. The van der Waals surface area contributed by atoms with Crippen molar-refractivity contribution in [2.24, 2.45) is 5.73 Å². The lowest BCUT2D eigenvalue weighted by molar-refractivity contribution is 0.587. The Balaban J connectivity index is 2.21. The molecule has 0 aromatic heterocycles. The van der Waals surface area contributed by atoms with Crippen LogP contribution in [-0.2, 0) is 6.54 Å². The highest BCUT2D eigenvalue weighted by molar-refractivity contribution is 5.15. The Labute approximate surface area is 84.3 Å². The zero-order valence-corrected chi connectivity index (χ0v) is 8.46. The minimum Gasteiger partial charge on any atom is -0.328 e. The zero-order chi connectivity index (χ0) is 10.4. The van der Waals surface area contributed by atoms with Crippen molar-refractivity contribution in [1.29, 1.82) is 0 Å². The number of benzene rings is 1. The molecule has 3 N–H and O–H groups in total. The Morgan fingerprint density at radius 2 is 2.00 bits per heavy atom. The first-order valence-corrected chi connectivity index (χ1v) is 4.89. The van der Waals surface area contributed by atoms with E-state index in [1.54, 1.807) is 12.1 Å². The minimum absolute atomic E-state index is 0.190. The summed E-state index contributed by atoms with van der Waals surface area (Å²) in [7, 11) is 0. The maximum atomic E-state index is 12.5. The Morgan fingerprint density at radius 1 is 1.36 bits per heavy atom. The summed E-state index contributed by atoms with van der Waals surface area (Å²) in [5, 5.41) is 3.25. The smallest absolute Gasteiger partial charge is 0.123 e. The van der Waals surface area contributed by atoms with Gasteiger partial charge in [-0.25, -0.2) is 4.39 Å². The van der Waals surface area contributed by atoms with E-state index in [1.807, 2.05) is 6.92 Å². The van der Waals surface area contributed by atoms with Crippen molar-refractivity contribution in [3.63, 3.8) is 0 Å². The molecule has 0 saturated heterocycles. The summed E-state index contributed by atoms with van der Waals surface area (Å²) in [6, 6.07) is 6.75. The number of hydrogen-bond acceptors (Lipinski definition) is 2. The molecular weight excluding hydrogens is 179 g/mol. The molecule has 1 aromatic carbocycles. The molecule has 1 atom stereocenters. The fraction of sp³-hybridized carbons (Fsp3) is 0.455. The van der Waals surface area contributed by atoms with Crippen molar-refractivity contribution in [3.05, 3.63) is 35.6 Å². The number of hydrogen-bond donors (Lipinski definition) is 2. The van der Waals surface area contributed by atoms with Crippen LogP contribution in [0.3, 0.4) is 0 Å². The Kier molecular flexibility index (Phi) is 4.56. The van der Waals surface area contributed by atoms with Crippen molar-refractivity contribution in [3.8, 4) is 0 Å². The summed E-state index contributed by atoms with van der Waals surface area (Å²) >= 11 is 0. The summed E-state index contributed by atoms with van der Waals surface area (Å²) in [6.07, 6.45) is 0.960. The summed E-state index contributed by atoms with van der Waals surface area (Å²) in [5.74, 6) is -0.190. The molecule has 0 aliphatic carbocycles. The lowest BCUT2D eigenvalue weighted by atomic mass is 10.2. The van der Waals surface area contributed by atoms with E-state index in [0.717, 1.165) is 25.1 Å². The van der Waals surface area contributed by atoms with E-state index in [-0.39, 0.29) is 11.9 Å². The van der Waals surface area contributed by atoms with Gasteiger partial charge >= 0.3 is 0 Å². The van der Waals surface area contributed by atoms with Crippen LogP contribution in [0.4, 0.5) is 4.39 Å². The van der Waals surface area contributed by atoms with Gasteiger partial charge in [-0.3, -0.25) is 0 Å². The Bertz CT molecular complexity index is 256. The van der Waals surface area contributed by atoms with Gasteiger partial charge in [-0.05, 0) is 37.6 Å². The zero-order valence-electron chi connectivity index (χ0n) is 8.46. The van der Waals surface area contributed by atoms with Gasteiger partial charge in [0.05, 0.1) is 0 Å². The highest BCUT2D eigenvalue weighted by Crippen LogP contribution is 2.01. The van der Waals surface area contributed by atoms with Crippen LogP contribution in [0.5, 0.6) is 0 Å². The molecule has 0 heterocycles. The van der Waals surface area contributed by atoms with Crippen LogP contribution >= 0.6 is 0 Å². The number of nitrogens with two attached hydrogens (primary N) is 1. The first-order chi connectivity index (χ1) is 6.68. The second-order valence-electron chi connectivity index (χ2n) is 3.57. The fourth-order valence-corrected chi connectivity index (χ4v) is 1.16. The lowest BCUT2D eigenvalue weighted by Gasteiger charge is -2.06. The molecule has 3 heteroatoms. The normalized spacial score (nSPS) is 12.8. The predicted octanol–water partition coefficient (Wildman–Crippen LogP) is 1.65. The second kappa shape index (κ2) is 5.73. The molecule has 78 valence electrons. The lowest BCUT2D eigenvalue weighted by Crippen LogP contribution is -2.23. The molecule has 1 unspecified atom stereocenters. The van der Waals surface area contributed by atoms with E-state index < -0.39 is 0 Å². The Hall–Kier alpha value is -0.930. The van der Waals surface area contributed by atoms with E-state index in [9.17, 15) is 4.39 Å². The number of rotatable bonds is 5. The van der Waals surface area contributed by atoms with Gasteiger partial charge in [-0.2, -0.15) is 0 Å². The van der Waals surface area contributed by atoms with Gasteiger partial charge in [-0.15, -0.1) is 0 Å². The molecule has 0 aliphatic rings. The average molecular weight is 196 g/mol. The predicted molar refractivity (Wildman–Crippen MR) is 56.4 cm³/mol. The third kappa shape index (κ3) is 4.35. The molecular formula is C11H17FN2. The SMILES string of the molecule is CC(N)CCNCc1ccc(F)cc1. The van der Waals surface area contributed by atoms with Gasteiger partial charge in [0.15, 0.2) is 0 Å². The maximum absolute atomic E-state index is 12.5. The van der Waals surface area contributed by atoms with Gasteiger partial charge in [0, 0.05) is 12.6 Å². The summed E-state index contributed by atoms with van der Waals surface area (Å²) in [5.41, 5.74) is 6.70. The van der Waals surface area contributed by atoms with E-state index in [1.165, 1.54) is 12.1 Å². The van der Waals surface area contributed by atoms with Crippen LogP contribution in [0.1, 0.15) is 18.9 Å². The number of halogens is 1. The minimum atomic E-state index is -0.190. The van der Waals surface area contributed by atoms with Crippen LogP contribution in [0, 0.1) is 5.82 Å². The van der Waals surface area contributed by atoms with Crippen molar-refractivity contribution < 1.29 is 4.39 Å². The topological polar surface area (TPSA) is 38.0 Å².